The van der Waals surface area contributed by atoms with Gasteiger partial charge in [-0.1, -0.05) is 38.1 Å². The number of piperazine rings is 1. The summed E-state index contributed by atoms with van der Waals surface area (Å²) in [6.45, 7) is 4.81. The topological polar surface area (TPSA) is 58.2 Å². The molecule has 1 aliphatic rings. The second-order valence-corrected chi connectivity index (χ2v) is 4.71. The third-order valence-corrected chi connectivity index (χ3v) is 3.50. The maximum absolute atomic E-state index is 11.3. The van der Waals surface area contributed by atoms with Crippen LogP contribution in [0.5, 0.6) is 0 Å². The maximum Gasteiger partial charge on any atom is 0.309 e. The van der Waals surface area contributed by atoms with Crippen LogP contribution in [0, 0.1) is 0 Å². The van der Waals surface area contributed by atoms with Crippen molar-refractivity contribution in [1.82, 2.24) is 10.6 Å². The van der Waals surface area contributed by atoms with E-state index in [1.54, 1.807) is 0 Å². The fourth-order valence-electron chi connectivity index (χ4n) is 2.04. The van der Waals surface area contributed by atoms with E-state index in [-0.39, 0.29) is 6.04 Å². The number of hydrogen-bond acceptors (Lipinski definition) is 2. The smallest absolute Gasteiger partial charge is 0.309 e. The number of hydrogen-bond donors (Lipinski definition) is 2. The zero-order valence-corrected chi connectivity index (χ0v) is 10.7. The van der Waals surface area contributed by atoms with Crippen LogP contribution >= 0.6 is 0 Å². The summed E-state index contributed by atoms with van der Waals surface area (Å²) in [5.74, 6) is -0.570. The van der Waals surface area contributed by atoms with Crippen molar-refractivity contribution in [3.63, 3.8) is 0 Å². The molecule has 0 radical (unpaired) electrons. The first-order chi connectivity index (χ1) is 8.61. The molecule has 0 spiro atoms. The van der Waals surface area contributed by atoms with Gasteiger partial charge < -0.3 is 10.6 Å². The van der Waals surface area contributed by atoms with Crippen LogP contribution in [0.25, 0.3) is 0 Å². The summed E-state index contributed by atoms with van der Waals surface area (Å²) >= 11 is 0. The van der Waals surface area contributed by atoms with E-state index < -0.39 is 11.8 Å². The molecule has 1 heterocycles. The molecule has 0 bridgehead atoms. The minimum atomic E-state index is -0.558. The molecule has 4 heteroatoms. The molecule has 1 aliphatic heterocycles. The van der Waals surface area contributed by atoms with Crippen LogP contribution in [0.3, 0.4) is 0 Å². The summed E-state index contributed by atoms with van der Waals surface area (Å²) in [7, 11) is 0. The minimum absolute atomic E-state index is 0.124. The van der Waals surface area contributed by atoms with Gasteiger partial charge in [0, 0.05) is 6.54 Å². The fraction of sp³-hybridized carbons (Fsp3) is 0.429. The number of carbonyl (C=O) groups excluding carboxylic acids is 2. The summed E-state index contributed by atoms with van der Waals surface area (Å²) in [5, 5.41) is 5.27. The van der Waals surface area contributed by atoms with Crippen molar-refractivity contribution in [2.45, 2.75) is 32.2 Å². The van der Waals surface area contributed by atoms with Gasteiger partial charge in [0.2, 0.25) is 0 Å². The Bertz CT molecular complexity index is 453. The predicted octanol–water partition coefficient (Wildman–Crippen LogP) is 1.49. The fourth-order valence-corrected chi connectivity index (χ4v) is 2.04. The second-order valence-electron chi connectivity index (χ2n) is 4.71. The molecule has 4 nitrogen and oxygen atoms in total. The van der Waals surface area contributed by atoms with Crippen molar-refractivity contribution < 1.29 is 9.59 Å². The Morgan fingerprint density at radius 3 is 2.44 bits per heavy atom. The monoisotopic (exact) mass is 246 g/mol. The van der Waals surface area contributed by atoms with Gasteiger partial charge in [0.1, 0.15) is 0 Å². The quantitative estimate of drug-likeness (QED) is 0.794. The number of nitrogens with one attached hydrogen (secondary N) is 2. The highest BCUT2D eigenvalue weighted by atomic mass is 16.2. The van der Waals surface area contributed by atoms with Gasteiger partial charge in [0.15, 0.2) is 0 Å². The Balaban J connectivity index is 2.10. The Labute approximate surface area is 107 Å². The van der Waals surface area contributed by atoms with Crippen molar-refractivity contribution >= 4 is 11.8 Å². The van der Waals surface area contributed by atoms with E-state index in [0.29, 0.717) is 12.5 Å². The lowest BCUT2D eigenvalue weighted by Gasteiger charge is -2.24. The van der Waals surface area contributed by atoms with Crippen molar-refractivity contribution in [2.75, 3.05) is 6.54 Å². The molecule has 1 saturated heterocycles. The van der Waals surface area contributed by atoms with Crippen LogP contribution in [-0.4, -0.2) is 18.4 Å². The molecule has 0 aliphatic carbocycles. The molecule has 1 aromatic carbocycles. The highest BCUT2D eigenvalue weighted by Gasteiger charge is 2.25. The van der Waals surface area contributed by atoms with E-state index >= 15 is 0 Å². The SMILES string of the molecule is CCC(C)c1ccc(C2CNC(=O)C(=O)N2)cc1. The van der Waals surface area contributed by atoms with E-state index in [1.807, 2.05) is 12.1 Å². The lowest BCUT2D eigenvalue weighted by molar-refractivity contribution is -0.141. The molecular weight excluding hydrogens is 228 g/mol. The largest absolute Gasteiger partial charge is 0.345 e. The van der Waals surface area contributed by atoms with Crippen LogP contribution in [0.2, 0.25) is 0 Å². The standard InChI is InChI=1S/C14H18N2O2/c1-3-9(2)10-4-6-11(7-5-10)12-8-15-13(17)14(18)16-12/h4-7,9,12H,3,8H2,1-2H3,(H,15,17)(H,16,18). The van der Waals surface area contributed by atoms with Gasteiger partial charge in [-0.2, -0.15) is 0 Å². The lowest BCUT2D eigenvalue weighted by Crippen LogP contribution is -2.51. The average molecular weight is 246 g/mol. The van der Waals surface area contributed by atoms with Gasteiger partial charge in [-0.15, -0.1) is 0 Å². The van der Waals surface area contributed by atoms with Crippen LogP contribution < -0.4 is 10.6 Å². The Kier molecular flexibility index (Phi) is 3.65. The van der Waals surface area contributed by atoms with Crippen LogP contribution in [0.15, 0.2) is 24.3 Å². The zero-order valence-electron chi connectivity index (χ0n) is 10.7. The number of benzene rings is 1. The summed E-state index contributed by atoms with van der Waals surface area (Å²) in [6.07, 6.45) is 1.11. The average Bonchev–Trinajstić information content (AvgIpc) is 2.41. The second kappa shape index (κ2) is 5.21. The molecule has 2 N–H and O–H groups in total. The molecule has 96 valence electrons. The van der Waals surface area contributed by atoms with Gasteiger partial charge >= 0.3 is 11.8 Å². The minimum Gasteiger partial charge on any atom is -0.345 e. The normalized spacial score (nSPS) is 21.1. The molecule has 0 aromatic heterocycles. The summed E-state index contributed by atoms with van der Waals surface area (Å²) in [5.41, 5.74) is 2.32. The van der Waals surface area contributed by atoms with E-state index in [0.717, 1.165) is 12.0 Å². The first-order valence-electron chi connectivity index (χ1n) is 6.30. The Morgan fingerprint density at radius 1 is 1.22 bits per heavy atom. The number of rotatable bonds is 3. The van der Waals surface area contributed by atoms with Gasteiger partial charge in [-0.05, 0) is 23.5 Å². The van der Waals surface area contributed by atoms with E-state index in [1.165, 1.54) is 5.56 Å². The molecule has 2 rings (SSSR count). The van der Waals surface area contributed by atoms with Crippen molar-refractivity contribution in [3.05, 3.63) is 35.4 Å². The lowest BCUT2D eigenvalue weighted by atomic mass is 9.95. The summed E-state index contributed by atoms with van der Waals surface area (Å²) < 4.78 is 0. The molecular formula is C14H18N2O2. The van der Waals surface area contributed by atoms with Crippen molar-refractivity contribution in [3.8, 4) is 0 Å². The Hall–Kier alpha value is -1.84. The Morgan fingerprint density at radius 2 is 1.89 bits per heavy atom. The van der Waals surface area contributed by atoms with Gasteiger partial charge in [0.25, 0.3) is 0 Å². The predicted molar refractivity (Wildman–Crippen MR) is 69.0 cm³/mol. The van der Waals surface area contributed by atoms with Gasteiger partial charge in [-0.3, -0.25) is 9.59 Å². The van der Waals surface area contributed by atoms with Crippen LogP contribution in [0.1, 0.15) is 43.4 Å². The van der Waals surface area contributed by atoms with Gasteiger partial charge in [-0.25, -0.2) is 0 Å². The number of carbonyl (C=O) groups is 2. The summed E-state index contributed by atoms with van der Waals surface area (Å²) in [6, 6.07) is 8.09. The molecule has 2 amide bonds. The van der Waals surface area contributed by atoms with Gasteiger partial charge in [0.05, 0.1) is 6.04 Å². The van der Waals surface area contributed by atoms with E-state index in [2.05, 4.69) is 36.6 Å². The first-order valence-corrected chi connectivity index (χ1v) is 6.30. The number of amides is 2. The first kappa shape index (κ1) is 12.6. The third kappa shape index (κ3) is 2.53. The molecule has 2 atom stereocenters. The van der Waals surface area contributed by atoms with Crippen molar-refractivity contribution in [1.29, 1.82) is 0 Å². The van der Waals surface area contributed by atoms with E-state index in [9.17, 15) is 9.59 Å². The third-order valence-electron chi connectivity index (χ3n) is 3.50. The van der Waals surface area contributed by atoms with Crippen molar-refractivity contribution in [2.24, 2.45) is 0 Å². The highest BCUT2D eigenvalue weighted by Crippen LogP contribution is 2.21. The highest BCUT2D eigenvalue weighted by molar-refractivity contribution is 6.35. The molecule has 0 saturated carbocycles. The maximum atomic E-state index is 11.3. The molecule has 1 aromatic rings. The molecule has 1 fully saturated rings. The zero-order chi connectivity index (χ0) is 13.1. The summed E-state index contributed by atoms with van der Waals surface area (Å²) in [4.78, 5) is 22.3. The van der Waals surface area contributed by atoms with E-state index in [4.69, 9.17) is 0 Å². The van der Waals surface area contributed by atoms with Crippen LogP contribution in [-0.2, 0) is 9.59 Å². The molecule has 2 unspecified atom stereocenters. The van der Waals surface area contributed by atoms with Crippen LogP contribution in [0.4, 0.5) is 0 Å². The molecule has 18 heavy (non-hydrogen) atoms.